The molecule has 0 amide bonds. The van der Waals surface area contributed by atoms with Gasteiger partial charge in [0.25, 0.3) is 0 Å². The number of rotatable bonds is 3. The van der Waals surface area contributed by atoms with Gasteiger partial charge in [-0.3, -0.25) is 4.74 Å². The summed E-state index contributed by atoms with van der Waals surface area (Å²) in [7, 11) is 0. The molecule has 0 aliphatic carbocycles. The zero-order chi connectivity index (χ0) is 11.5. The highest BCUT2D eigenvalue weighted by molar-refractivity contribution is 9.09. The van der Waals surface area contributed by atoms with Crippen LogP contribution in [0.15, 0.2) is 24.3 Å². The van der Waals surface area contributed by atoms with Crippen LogP contribution in [0.5, 0.6) is 0 Å². The monoisotopic (exact) mass is 282 g/mol. The number of benzene rings is 1. The Labute approximate surface area is 94.4 Å². The van der Waals surface area contributed by atoms with Crippen LogP contribution < -0.4 is 0 Å². The van der Waals surface area contributed by atoms with Gasteiger partial charge in [0.1, 0.15) is 6.10 Å². The average Bonchev–Trinajstić information content (AvgIpc) is 2.14. The first kappa shape index (κ1) is 12.5. The van der Waals surface area contributed by atoms with Gasteiger partial charge in [-0.2, -0.15) is 0 Å². The van der Waals surface area contributed by atoms with E-state index in [1.54, 1.807) is 24.3 Å². The third-order valence-electron chi connectivity index (χ3n) is 1.87. The molecule has 0 aliphatic heterocycles. The lowest BCUT2D eigenvalue weighted by Crippen LogP contribution is -2.19. The maximum Gasteiger partial charge on any atom is 0.523 e. The Bertz CT molecular complexity index is 307. The highest BCUT2D eigenvalue weighted by atomic mass is 79.9. The number of ether oxygens (including phenoxy) is 1. The molecule has 0 bridgehead atoms. The Kier molecular flexibility index (Phi) is 4.16. The van der Waals surface area contributed by atoms with Gasteiger partial charge in [-0.15, -0.1) is 13.2 Å². The summed E-state index contributed by atoms with van der Waals surface area (Å²) in [5, 5.41) is 0.107. The summed E-state index contributed by atoms with van der Waals surface area (Å²) in [6.07, 6.45) is -5.60. The van der Waals surface area contributed by atoms with E-state index in [9.17, 15) is 13.2 Å². The molecule has 1 unspecified atom stereocenters. The first-order chi connectivity index (χ1) is 6.92. The second-order valence-electron chi connectivity index (χ2n) is 3.12. The van der Waals surface area contributed by atoms with Crippen molar-refractivity contribution in [3.63, 3.8) is 0 Å². The molecule has 15 heavy (non-hydrogen) atoms. The average molecular weight is 283 g/mol. The zero-order valence-electron chi connectivity index (χ0n) is 8.01. The molecule has 0 saturated carbocycles. The van der Waals surface area contributed by atoms with Crippen LogP contribution >= 0.6 is 15.9 Å². The zero-order valence-corrected chi connectivity index (χ0v) is 9.60. The molecule has 0 saturated heterocycles. The normalized spacial score (nSPS) is 13.9. The lowest BCUT2D eigenvalue weighted by atomic mass is 10.1. The molecule has 0 radical (unpaired) electrons. The van der Waals surface area contributed by atoms with E-state index in [0.717, 1.165) is 5.56 Å². The Balaban J connectivity index is 2.79. The Morgan fingerprint density at radius 3 is 2.20 bits per heavy atom. The summed E-state index contributed by atoms with van der Waals surface area (Å²) in [5.41, 5.74) is 1.51. The summed E-state index contributed by atoms with van der Waals surface area (Å²) < 4.78 is 40.0. The fourth-order valence-electron chi connectivity index (χ4n) is 1.13. The van der Waals surface area contributed by atoms with Crippen molar-refractivity contribution in [2.45, 2.75) is 19.4 Å². The number of aryl methyl sites for hydroxylation is 1. The highest BCUT2D eigenvalue weighted by Gasteiger charge is 2.33. The maximum atomic E-state index is 12.0. The van der Waals surface area contributed by atoms with Crippen molar-refractivity contribution >= 4 is 15.9 Å². The predicted molar refractivity (Wildman–Crippen MR) is 54.9 cm³/mol. The van der Waals surface area contributed by atoms with Crippen molar-refractivity contribution < 1.29 is 17.9 Å². The second-order valence-corrected chi connectivity index (χ2v) is 3.76. The van der Waals surface area contributed by atoms with Gasteiger partial charge < -0.3 is 0 Å². The van der Waals surface area contributed by atoms with E-state index in [4.69, 9.17) is 0 Å². The van der Waals surface area contributed by atoms with Crippen LogP contribution in [0.4, 0.5) is 13.2 Å². The van der Waals surface area contributed by atoms with E-state index in [0.29, 0.717) is 5.56 Å². The second kappa shape index (κ2) is 4.99. The SMILES string of the molecule is Cc1ccc(C(CBr)OC(F)(F)F)cc1. The minimum atomic E-state index is -4.61. The molecule has 1 rings (SSSR count). The lowest BCUT2D eigenvalue weighted by molar-refractivity contribution is -0.341. The molecule has 1 aromatic carbocycles. The third kappa shape index (κ3) is 4.22. The predicted octanol–water partition coefficient (Wildman–Crippen LogP) is 3.97. The molecule has 5 heteroatoms. The Morgan fingerprint density at radius 2 is 1.80 bits per heavy atom. The summed E-state index contributed by atoms with van der Waals surface area (Å²) in [4.78, 5) is 0. The van der Waals surface area contributed by atoms with Crippen LogP contribution in [0.1, 0.15) is 17.2 Å². The first-order valence-electron chi connectivity index (χ1n) is 4.29. The first-order valence-corrected chi connectivity index (χ1v) is 5.41. The van der Waals surface area contributed by atoms with Crippen molar-refractivity contribution in [3.8, 4) is 0 Å². The van der Waals surface area contributed by atoms with E-state index >= 15 is 0 Å². The molecular formula is C10H10BrF3O. The molecule has 0 spiro atoms. The largest absolute Gasteiger partial charge is 0.523 e. The van der Waals surface area contributed by atoms with Crippen LogP contribution in [0.2, 0.25) is 0 Å². The van der Waals surface area contributed by atoms with Gasteiger partial charge >= 0.3 is 6.36 Å². The molecule has 1 aromatic rings. The number of hydrogen-bond donors (Lipinski definition) is 0. The Hall–Kier alpha value is -0.550. The minimum absolute atomic E-state index is 0.107. The van der Waals surface area contributed by atoms with Crippen LogP contribution in [0.25, 0.3) is 0 Å². The highest BCUT2D eigenvalue weighted by Crippen LogP contribution is 2.29. The van der Waals surface area contributed by atoms with Gasteiger partial charge in [-0.25, -0.2) is 0 Å². The van der Waals surface area contributed by atoms with Gasteiger partial charge in [0.15, 0.2) is 0 Å². The number of halogens is 4. The quantitative estimate of drug-likeness (QED) is 0.763. The van der Waals surface area contributed by atoms with Crippen LogP contribution in [-0.2, 0) is 4.74 Å². The van der Waals surface area contributed by atoms with Crippen LogP contribution in [0.3, 0.4) is 0 Å². The summed E-state index contributed by atoms with van der Waals surface area (Å²) in [6.45, 7) is 1.87. The van der Waals surface area contributed by atoms with Gasteiger partial charge in [-0.1, -0.05) is 45.8 Å². The molecule has 0 aliphatic rings. The molecule has 84 valence electrons. The summed E-state index contributed by atoms with van der Waals surface area (Å²) >= 11 is 3.00. The van der Waals surface area contributed by atoms with E-state index in [2.05, 4.69) is 20.7 Å². The van der Waals surface area contributed by atoms with Crippen molar-refractivity contribution in [1.29, 1.82) is 0 Å². The minimum Gasteiger partial charge on any atom is -0.283 e. The molecule has 0 aromatic heterocycles. The third-order valence-corrected chi connectivity index (χ3v) is 2.45. The topological polar surface area (TPSA) is 9.23 Å². The number of hydrogen-bond acceptors (Lipinski definition) is 1. The van der Waals surface area contributed by atoms with Crippen molar-refractivity contribution in [2.75, 3.05) is 5.33 Å². The molecule has 1 nitrogen and oxygen atoms in total. The van der Waals surface area contributed by atoms with E-state index in [1.807, 2.05) is 6.92 Å². The fourth-order valence-corrected chi connectivity index (χ4v) is 1.64. The summed E-state index contributed by atoms with van der Waals surface area (Å²) in [6, 6.07) is 6.77. The van der Waals surface area contributed by atoms with Gasteiger partial charge in [0.05, 0.1) is 0 Å². The van der Waals surface area contributed by atoms with Crippen LogP contribution in [0, 0.1) is 6.92 Å². The molecule has 0 N–H and O–H groups in total. The van der Waals surface area contributed by atoms with E-state index in [1.165, 1.54) is 0 Å². The van der Waals surface area contributed by atoms with Crippen molar-refractivity contribution in [1.82, 2.24) is 0 Å². The lowest BCUT2D eigenvalue weighted by Gasteiger charge is -2.17. The molecule has 0 heterocycles. The Morgan fingerprint density at radius 1 is 1.27 bits per heavy atom. The van der Waals surface area contributed by atoms with Gasteiger partial charge in [0.2, 0.25) is 0 Å². The molecule has 1 atom stereocenters. The molecule has 0 fully saturated rings. The van der Waals surface area contributed by atoms with Gasteiger partial charge in [0, 0.05) is 5.33 Å². The fraction of sp³-hybridized carbons (Fsp3) is 0.400. The van der Waals surface area contributed by atoms with Crippen LogP contribution in [-0.4, -0.2) is 11.7 Å². The summed E-state index contributed by atoms with van der Waals surface area (Å²) in [5.74, 6) is 0. The standard InChI is InChI=1S/C10H10BrF3O/c1-7-2-4-8(5-3-7)9(6-11)15-10(12,13)14/h2-5,9H,6H2,1H3. The molecular weight excluding hydrogens is 273 g/mol. The number of alkyl halides is 4. The van der Waals surface area contributed by atoms with Crippen molar-refractivity contribution in [3.05, 3.63) is 35.4 Å². The van der Waals surface area contributed by atoms with E-state index < -0.39 is 12.5 Å². The maximum absolute atomic E-state index is 12.0. The van der Waals surface area contributed by atoms with Gasteiger partial charge in [-0.05, 0) is 12.5 Å². The van der Waals surface area contributed by atoms with Crippen molar-refractivity contribution in [2.24, 2.45) is 0 Å². The smallest absolute Gasteiger partial charge is 0.283 e. The van der Waals surface area contributed by atoms with E-state index in [-0.39, 0.29) is 5.33 Å².